The lowest BCUT2D eigenvalue weighted by Crippen LogP contribution is -2.37. The van der Waals surface area contributed by atoms with Crippen molar-refractivity contribution in [3.63, 3.8) is 0 Å². The molecule has 1 atom stereocenters. The van der Waals surface area contributed by atoms with Gasteiger partial charge < -0.3 is 10.2 Å². The van der Waals surface area contributed by atoms with Gasteiger partial charge in [-0.1, -0.05) is 13.8 Å². The van der Waals surface area contributed by atoms with Gasteiger partial charge in [0.1, 0.15) is 11.5 Å². The van der Waals surface area contributed by atoms with Gasteiger partial charge in [0.25, 0.3) is 0 Å². The van der Waals surface area contributed by atoms with E-state index < -0.39 is 0 Å². The molecule has 0 amide bonds. The second-order valence-electron chi connectivity index (χ2n) is 5.42. The third-order valence-corrected chi connectivity index (χ3v) is 4.21. The zero-order chi connectivity index (χ0) is 13.8. The van der Waals surface area contributed by atoms with Crippen molar-refractivity contribution in [1.29, 1.82) is 0 Å². The van der Waals surface area contributed by atoms with Crippen LogP contribution in [0.4, 0.5) is 0 Å². The average molecular weight is 265 g/mol. The van der Waals surface area contributed by atoms with Crippen LogP contribution in [0.5, 0.6) is 0 Å². The van der Waals surface area contributed by atoms with E-state index in [0.29, 0.717) is 12.6 Å². The van der Waals surface area contributed by atoms with Crippen LogP contribution in [0, 0.1) is 6.92 Å². The maximum absolute atomic E-state index is 5.79. The van der Waals surface area contributed by atoms with Gasteiger partial charge in [0.2, 0.25) is 0 Å². The van der Waals surface area contributed by atoms with E-state index >= 15 is 0 Å². The summed E-state index contributed by atoms with van der Waals surface area (Å²) in [6, 6.07) is 2.84. The quantitative estimate of drug-likeness (QED) is 0.854. The Morgan fingerprint density at radius 2 is 2.16 bits per heavy atom. The third kappa shape index (κ3) is 3.38. The van der Waals surface area contributed by atoms with E-state index in [1.807, 2.05) is 0 Å². The van der Waals surface area contributed by atoms with Gasteiger partial charge in [-0.2, -0.15) is 0 Å². The van der Waals surface area contributed by atoms with Crippen molar-refractivity contribution in [2.24, 2.45) is 5.73 Å². The first kappa shape index (κ1) is 14.6. The Morgan fingerprint density at radius 3 is 2.74 bits per heavy atom. The number of furan rings is 1. The Kier molecular flexibility index (Phi) is 5.02. The molecule has 1 aliphatic heterocycles. The minimum absolute atomic E-state index is 0.494. The van der Waals surface area contributed by atoms with E-state index in [1.54, 1.807) is 0 Å². The van der Waals surface area contributed by atoms with E-state index in [1.165, 1.54) is 18.5 Å². The van der Waals surface area contributed by atoms with Gasteiger partial charge in [0.05, 0.1) is 13.1 Å². The topological polar surface area (TPSA) is 45.6 Å². The largest absolute Gasteiger partial charge is 0.463 e. The first-order valence-electron chi connectivity index (χ1n) is 7.42. The molecule has 1 aliphatic rings. The minimum atomic E-state index is 0.494. The van der Waals surface area contributed by atoms with Gasteiger partial charge in [-0.15, -0.1) is 0 Å². The lowest BCUT2D eigenvalue weighted by Gasteiger charge is -2.26. The van der Waals surface area contributed by atoms with Crippen molar-refractivity contribution >= 4 is 0 Å². The minimum Gasteiger partial charge on any atom is -0.463 e. The molecule has 0 radical (unpaired) electrons. The monoisotopic (exact) mass is 265 g/mol. The average Bonchev–Trinajstić information content (AvgIpc) is 2.98. The maximum Gasteiger partial charge on any atom is 0.120 e. The van der Waals surface area contributed by atoms with Crippen molar-refractivity contribution < 1.29 is 4.42 Å². The van der Waals surface area contributed by atoms with E-state index in [9.17, 15) is 0 Å². The summed E-state index contributed by atoms with van der Waals surface area (Å²) in [7, 11) is 0. The van der Waals surface area contributed by atoms with Crippen molar-refractivity contribution in [3.8, 4) is 0 Å². The fourth-order valence-corrected chi connectivity index (χ4v) is 3.09. The van der Waals surface area contributed by atoms with Crippen LogP contribution in [-0.2, 0) is 13.1 Å². The van der Waals surface area contributed by atoms with Gasteiger partial charge >= 0.3 is 0 Å². The fraction of sp³-hybridized carbons (Fsp3) is 0.733. The second kappa shape index (κ2) is 6.55. The Balaban J connectivity index is 1.90. The number of rotatable bonds is 6. The van der Waals surface area contributed by atoms with Crippen molar-refractivity contribution in [2.45, 2.75) is 46.3 Å². The number of nitrogens with zero attached hydrogens (tertiary/aromatic N) is 2. The smallest absolute Gasteiger partial charge is 0.120 e. The lowest BCUT2D eigenvalue weighted by atomic mass is 10.2. The molecule has 1 saturated heterocycles. The molecule has 0 saturated carbocycles. The molecule has 0 aliphatic carbocycles. The van der Waals surface area contributed by atoms with Crippen molar-refractivity contribution in [3.05, 3.63) is 23.2 Å². The van der Waals surface area contributed by atoms with Gasteiger partial charge in [0, 0.05) is 19.1 Å². The molecule has 0 aromatic carbocycles. The summed E-state index contributed by atoms with van der Waals surface area (Å²) in [5, 5.41) is 0. The number of likely N-dealkylation sites (N-methyl/N-ethyl adjacent to an activating group) is 1. The van der Waals surface area contributed by atoms with E-state index in [-0.39, 0.29) is 0 Å². The summed E-state index contributed by atoms with van der Waals surface area (Å²) in [6.45, 7) is 12.6. The van der Waals surface area contributed by atoms with Gasteiger partial charge in [-0.3, -0.25) is 9.80 Å². The van der Waals surface area contributed by atoms with E-state index in [2.05, 4.69) is 36.6 Å². The Morgan fingerprint density at radius 1 is 1.42 bits per heavy atom. The maximum atomic E-state index is 5.79. The molecule has 1 unspecified atom stereocenters. The van der Waals surface area contributed by atoms with Crippen molar-refractivity contribution in [1.82, 2.24) is 9.80 Å². The summed E-state index contributed by atoms with van der Waals surface area (Å²) in [5.41, 5.74) is 6.83. The van der Waals surface area contributed by atoms with Crippen LogP contribution in [0.1, 0.15) is 37.4 Å². The predicted octanol–water partition coefficient (Wildman–Crippen LogP) is 1.96. The Hall–Kier alpha value is -0.840. The third-order valence-electron chi connectivity index (χ3n) is 4.21. The molecule has 4 nitrogen and oxygen atoms in total. The van der Waals surface area contributed by atoms with Crippen LogP contribution in [0.25, 0.3) is 0 Å². The molecule has 19 heavy (non-hydrogen) atoms. The second-order valence-corrected chi connectivity index (χ2v) is 5.42. The normalized spacial score (nSPS) is 20.6. The standard InChI is InChI=1S/C15H27N3O/c1-4-18(5-2)13-6-7-17(10-13)11-14-8-12(3)15(9-16)19-14/h8,13H,4-7,9-11,16H2,1-3H3. The van der Waals surface area contributed by atoms with Crippen LogP contribution in [0.15, 0.2) is 10.5 Å². The summed E-state index contributed by atoms with van der Waals surface area (Å²) in [4.78, 5) is 5.04. The highest BCUT2D eigenvalue weighted by Gasteiger charge is 2.26. The number of aryl methyl sites for hydroxylation is 1. The van der Waals surface area contributed by atoms with E-state index in [4.69, 9.17) is 10.2 Å². The zero-order valence-corrected chi connectivity index (χ0v) is 12.5. The summed E-state index contributed by atoms with van der Waals surface area (Å²) in [5.74, 6) is 1.98. The van der Waals surface area contributed by atoms with Crippen LogP contribution in [-0.4, -0.2) is 42.0 Å². The first-order valence-corrected chi connectivity index (χ1v) is 7.42. The molecular formula is C15H27N3O. The Labute approximate surface area is 116 Å². The summed E-state index contributed by atoms with van der Waals surface area (Å²) < 4.78 is 5.79. The van der Waals surface area contributed by atoms with Crippen LogP contribution < -0.4 is 5.73 Å². The number of nitrogens with two attached hydrogens (primary N) is 1. The number of hydrogen-bond acceptors (Lipinski definition) is 4. The summed E-state index contributed by atoms with van der Waals surface area (Å²) in [6.07, 6.45) is 1.27. The molecule has 1 fully saturated rings. The zero-order valence-electron chi connectivity index (χ0n) is 12.5. The summed E-state index contributed by atoms with van der Waals surface area (Å²) >= 11 is 0. The first-order chi connectivity index (χ1) is 9.17. The van der Waals surface area contributed by atoms with Gasteiger partial charge in [-0.05, 0) is 38.1 Å². The highest BCUT2D eigenvalue weighted by atomic mass is 16.3. The molecule has 0 spiro atoms. The van der Waals surface area contributed by atoms with Crippen molar-refractivity contribution in [2.75, 3.05) is 26.2 Å². The predicted molar refractivity (Wildman–Crippen MR) is 77.9 cm³/mol. The van der Waals surface area contributed by atoms with Gasteiger partial charge in [0.15, 0.2) is 0 Å². The lowest BCUT2D eigenvalue weighted by molar-refractivity contribution is 0.204. The number of likely N-dealkylation sites (tertiary alicyclic amines) is 1. The molecule has 2 N–H and O–H groups in total. The molecule has 1 aromatic heterocycles. The molecule has 1 aromatic rings. The fourth-order valence-electron chi connectivity index (χ4n) is 3.09. The number of hydrogen-bond donors (Lipinski definition) is 1. The molecule has 0 bridgehead atoms. The van der Waals surface area contributed by atoms with E-state index in [0.717, 1.165) is 37.7 Å². The highest BCUT2D eigenvalue weighted by Crippen LogP contribution is 2.20. The van der Waals surface area contributed by atoms with Crippen LogP contribution >= 0.6 is 0 Å². The molecule has 4 heteroatoms. The molecule has 2 rings (SSSR count). The molecular weight excluding hydrogens is 238 g/mol. The van der Waals surface area contributed by atoms with Crippen LogP contribution in [0.3, 0.4) is 0 Å². The molecule has 2 heterocycles. The SMILES string of the molecule is CCN(CC)C1CCN(Cc2cc(C)c(CN)o2)C1. The Bertz CT molecular complexity index is 398. The van der Waals surface area contributed by atoms with Crippen LogP contribution in [0.2, 0.25) is 0 Å². The molecule has 108 valence electrons. The van der Waals surface area contributed by atoms with Gasteiger partial charge in [-0.25, -0.2) is 0 Å². The highest BCUT2D eigenvalue weighted by molar-refractivity contribution is 5.19.